The van der Waals surface area contributed by atoms with E-state index in [0.717, 1.165) is 11.1 Å². The van der Waals surface area contributed by atoms with Crippen molar-refractivity contribution in [3.63, 3.8) is 0 Å². The Kier molecular flexibility index (Phi) is 5.39. The molecule has 0 unspecified atom stereocenters. The van der Waals surface area contributed by atoms with Crippen LogP contribution in [-0.2, 0) is 9.59 Å². The van der Waals surface area contributed by atoms with E-state index in [0.29, 0.717) is 22.9 Å². The molecular formula is C24H22N4O2. The third-order valence-corrected chi connectivity index (χ3v) is 5.10. The molecule has 1 aromatic heterocycles. The van der Waals surface area contributed by atoms with Crippen LogP contribution in [0.15, 0.2) is 71.9 Å². The fraction of sp³-hybridized carbons (Fsp3) is 0.167. The monoisotopic (exact) mass is 398 g/mol. The lowest BCUT2D eigenvalue weighted by atomic mass is 10.0. The van der Waals surface area contributed by atoms with Gasteiger partial charge in [-0.15, -0.1) is 0 Å². The summed E-state index contributed by atoms with van der Waals surface area (Å²) in [4.78, 5) is 36.2. The quantitative estimate of drug-likeness (QED) is 0.716. The maximum absolute atomic E-state index is 13.1. The Balaban J connectivity index is 1.63. The van der Waals surface area contributed by atoms with Crippen LogP contribution in [0.1, 0.15) is 23.1 Å². The van der Waals surface area contributed by atoms with Crippen molar-refractivity contribution >= 4 is 34.7 Å². The van der Waals surface area contributed by atoms with Crippen LogP contribution < -0.4 is 10.2 Å². The van der Waals surface area contributed by atoms with E-state index in [1.807, 2.05) is 56.3 Å². The summed E-state index contributed by atoms with van der Waals surface area (Å²) in [5.74, 6) is -0.113. The molecule has 0 atom stereocenters. The normalized spacial score (nSPS) is 13.3. The van der Waals surface area contributed by atoms with Gasteiger partial charge in [-0.3, -0.25) is 14.5 Å². The fourth-order valence-corrected chi connectivity index (χ4v) is 3.34. The van der Waals surface area contributed by atoms with Crippen molar-refractivity contribution in [3.8, 4) is 0 Å². The molecule has 4 rings (SSSR count). The molecular weight excluding hydrogens is 376 g/mol. The lowest BCUT2D eigenvalue weighted by Gasteiger charge is -2.20. The number of rotatable bonds is 4. The number of hydrogen-bond acceptors (Lipinski definition) is 4. The molecule has 0 radical (unpaired) electrons. The number of hydrogen-bond donors (Lipinski definition) is 1. The second kappa shape index (κ2) is 8.29. The number of nitrogens with zero attached hydrogens (tertiary/aromatic N) is 3. The molecule has 1 aliphatic heterocycles. The average molecular weight is 398 g/mol. The number of anilines is 2. The number of pyridine rings is 1. The molecule has 0 spiro atoms. The number of benzene rings is 2. The average Bonchev–Trinajstić information content (AvgIpc) is 2.87. The first-order valence-electron chi connectivity index (χ1n) is 9.77. The zero-order valence-corrected chi connectivity index (χ0v) is 16.9. The molecule has 0 fully saturated rings. The van der Waals surface area contributed by atoms with Gasteiger partial charge in [0.25, 0.3) is 0 Å². The highest BCUT2D eigenvalue weighted by Gasteiger charge is 2.27. The Bertz CT molecular complexity index is 1140. The van der Waals surface area contributed by atoms with Gasteiger partial charge in [-0.2, -0.15) is 0 Å². The minimum atomic E-state index is -0.291. The molecule has 0 bridgehead atoms. The molecule has 150 valence electrons. The molecule has 0 saturated heterocycles. The molecule has 3 aromatic rings. The van der Waals surface area contributed by atoms with Crippen LogP contribution in [-0.4, -0.2) is 29.1 Å². The van der Waals surface area contributed by atoms with Gasteiger partial charge in [0.15, 0.2) is 5.82 Å². The first-order valence-corrected chi connectivity index (χ1v) is 9.77. The van der Waals surface area contributed by atoms with Crippen molar-refractivity contribution in [1.82, 2.24) is 4.98 Å². The van der Waals surface area contributed by atoms with Crippen molar-refractivity contribution in [2.24, 2.45) is 4.99 Å². The van der Waals surface area contributed by atoms with Crippen molar-refractivity contribution in [1.29, 1.82) is 0 Å². The molecule has 0 saturated carbocycles. The van der Waals surface area contributed by atoms with Gasteiger partial charge in [-0.25, -0.2) is 9.98 Å². The van der Waals surface area contributed by atoms with Gasteiger partial charge in [-0.05, 0) is 60.9 Å². The summed E-state index contributed by atoms with van der Waals surface area (Å²) in [7, 11) is 0. The van der Waals surface area contributed by atoms with Crippen molar-refractivity contribution in [2.45, 2.75) is 20.3 Å². The summed E-state index contributed by atoms with van der Waals surface area (Å²) >= 11 is 0. The van der Waals surface area contributed by atoms with Crippen molar-refractivity contribution in [2.75, 3.05) is 16.8 Å². The minimum absolute atomic E-state index is 0.0947. The second-order valence-electron chi connectivity index (χ2n) is 7.27. The fourth-order valence-electron chi connectivity index (χ4n) is 3.34. The van der Waals surface area contributed by atoms with Gasteiger partial charge in [0.05, 0.1) is 12.1 Å². The lowest BCUT2D eigenvalue weighted by Crippen LogP contribution is -2.38. The number of para-hydroxylation sites is 1. The van der Waals surface area contributed by atoms with Crippen LogP contribution in [0.25, 0.3) is 0 Å². The van der Waals surface area contributed by atoms with Crippen LogP contribution in [0.2, 0.25) is 0 Å². The van der Waals surface area contributed by atoms with Crippen molar-refractivity contribution in [3.05, 3.63) is 83.6 Å². The predicted molar refractivity (Wildman–Crippen MR) is 118 cm³/mol. The van der Waals surface area contributed by atoms with E-state index in [1.54, 1.807) is 24.4 Å². The summed E-state index contributed by atoms with van der Waals surface area (Å²) in [5.41, 5.74) is 5.14. The van der Waals surface area contributed by atoms with Crippen LogP contribution in [0.4, 0.5) is 17.2 Å². The molecule has 30 heavy (non-hydrogen) atoms. The zero-order chi connectivity index (χ0) is 21.1. The molecule has 2 aromatic carbocycles. The Labute approximate surface area is 175 Å². The van der Waals surface area contributed by atoms with Gasteiger partial charge < -0.3 is 5.32 Å². The first-order chi connectivity index (χ1) is 14.5. The number of nitrogens with one attached hydrogen (secondary N) is 1. The van der Waals surface area contributed by atoms with Gasteiger partial charge in [0.1, 0.15) is 12.2 Å². The summed E-state index contributed by atoms with van der Waals surface area (Å²) in [6.45, 7) is 3.95. The Morgan fingerprint density at radius 3 is 2.60 bits per heavy atom. The minimum Gasteiger partial charge on any atom is -0.325 e. The highest BCUT2D eigenvalue weighted by Crippen LogP contribution is 2.31. The highest BCUT2D eigenvalue weighted by atomic mass is 16.2. The summed E-state index contributed by atoms with van der Waals surface area (Å²) in [6.07, 6.45) is 1.70. The maximum Gasteiger partial charge on any atom is 0.244 e. The lowest BCUT2D eigenvalue weighted by molar-refractivity contribution is -0.120. The van der Waals surface area contributed by atoms with Gasteiger partial charge in [-0.1, -0.05) is 30.3 Å². The first kappa shape index (κ1) is 19.5. The number of carbonyl (C=O) groups excluding carboxylic acids is 2. The highest BCUT2D eigenvalue weighted by molar-refractivity contribution is 6.18. The number of aryl methyl sites for hydroxylation is 2. The van der Waals surface area contributed by atoms with E-state index in [4.69, 9.17) is 4.99 Å². The smallest absolute Gasteiger partial charge is 0.244 e. The number of aromatic nitrogens is 1. The Morgan fingerprint density at radius 2 is 1.83 bits per heavy atom. The number of fused-ring (bicyclic) bond motifs is 1. The van der Waals surface area contributed by atoms with Gasteiger partial charge in [0, 0.05) is 11.9 Å². The van der Waals surface area contributed by atoms with Crippen molar-refractivity contribution < 1.29 is 9.59 Å². The number of aliphatic imine (C=N–C) groups is 1. The Hall–Kier alpha value is -3.80. The molecule has 2 heterocycles. The SMILES string of the molecule is Cc1ccc(C2=Nc3cccnc3N(CC(=O)Nc3ccccc3)C(=O)C2)cc1C. The van der Waals surface area contributed by atoms with Crippen LogP contribution in [0, 0.1) is 13.8 Å². The predicted octanol–water partition coefficient (Wildman–Crippen LogP) is 4.19. The summed E-state index contributed by atoms with van der Waals surface area (Å²) in [5, 5.41) is 2.82. The molecule has 1 aliphatic rings. The molecule has 6 nitrogen and oxygen atoms in total. The van der Waals surface area contributed by atoms with E-state index in [2.05, 4.69) is 10.3 Å². The van der Waals surface area contributed by atoms with Crippen LogP contribution in [0.5, 0.6) is 0 Å². The largest absolute Gasteiger partial charge is 0.325 e. The van der Waals surface area contributed by atoms with Crippen LogP contribution >= 0.6 is 0 Å². The standard InChI is InChI=1S/C24H22N4O2/c1-16-10-11-18(13-17(16)2)21-14-23(30)28(24-20(27-21)9-6-12-25-24)15-22(29)26-19-7-4-3-5-8-19/h3-13H,14-15H2,1-2H3,(H,26,29). The maximum atomic E-state index is 13.1. The van der Waals surface area contributed by atoms with Crippen LogP contribution in [0.3, 0.4) is 0 Å². The van der Waals surface area contributed by atoms with E-state index < -0.39 is 0 Å². The van der Waals surface area contributed by atoms with E-state index in [9.17, 15) is 9.59 Å². The van der Waals surface area contributed by atoms with E-state index in [-0.39, 0.29) is 24.8 Å². The molecule has 6 heteroatoms. The molecule has 2 amide bonds. The van der Waals surface area contributed by atoms with Gasteiger partial charge in [0.2, 0.25) is 11.8 Å². The third kappa shape index (κ3) is 4.12. The Morgan fingerprint density at radius 1 is 1.03 bits per heavy atom. The van der Waals surface area contributed by atoms with Gasteiger partial charge >= 0.3 is 0 Å². The third-order valence-electron chi connectivity index (χ3n) is 5.10. The van der Waals surface area contributed by atoms with E-state index >= 15 is 0 Å². The topological polar surface area (TPSA) is 74.7 Å². The summed E-state index contributed by atoms with van der Waals surface area (Å²) in [6, 6.07) is 18.8. The van der Waals surface area contributed by atoms with E-state index in [1.165, 1.54) is 10.5 Å². The molecule has 0 aliphatic carbocycles. The molecule has 1 N–H and O–H groups in total. The summed E-state index contributed by atoms with van der Waals surface area (Å²) < 4.78 is 0. The number of amides is 2. The second-order valence-corrected chi connectivity index (χ2v) is 7.27. The zero-order valence-electron chi connectivity index (χ0n) is 16.9. The number of carbonyl (C=O) groups is 2.